The van der Waals surface area contributed by atoms with E-state index in [2.05, 4.69) is 0 Å². The standard InChI is InChI=1S/C15H13F3N2O/c16-15(17,18)13-8-11(6-7-12(13)14(19)20)21-9-10-4-2-1-3-5-10/h1-8H,9H2,(H3,19,20). The van der Waals surface area contributed by atoms with Gasteiger partial charge >= 0.3 is 6.18 Å². The van der Waals surface area contributed by atoms with E-state index in [9.17, 15) is 13.2 Å². The third kappa shape index (κ3) is 3.75. The monoisotopic (exact) mass is 294 g/mol. The molecule has 0 aliphatic carbocycles. The van der Waals surface area contributed by atoms with E-state index in [1.807, 2.05) is 30.3 Å². The van der Waals surface area contributed by atoms with Crippen LogP contribution in [0.3, 0.4) is 0 Å². The zero-order chi connectivity index (χ0) is 15.5. The number of rotatable bonds is 4. The molecule has 0 unspecified atom stereocenters. The van der Waals surface area contributed by atoms with Gasteiger partial charge in [-0.05, 0) is 23.8 Å². The van der Waals surface area contributed by atoms with Crippen molar-refractivity contribution in [2.45, 2.75) is 12.8 Å². The Kier molecular flexibility index (Phi) is 4.16. The first kappa shape index (κ1) is 14.9. The Bertz CT molecular complexity index is 639. The average Bonchev–Trinajstić information content (AvgIpc) is 2.45. The summed E-state index contributed by atoms with van der Waals surface area (Å²) in [7, 11) is 0. The van der Waals surface area contributed by atoms with Crippen LogP contribution in [-0.2, 0) is 12.8 Å². The summed E-state index contributed by atoms with van der Waals surface area (Å²) in [5.74, 6) is -0.548. The highest BCUT2D eigenvalue weighted by molar-refractivity contribution is 5.96. The molecule has 0 aliphatic rings. The van der Waals surface area contributed by atoms with Gasteiger partial charge in [-0.2, -0.15) is 13.2 Å². The summed E-state index contributed by atoms with van der Waals surface area (Å²) in [5.41, 5.74) is 4.69. The highest BCUT2D eigenvalue weighted by Gasteiger charge is 2.34. The Balaban J connectivity index is 2.24. The largest absolute Gasteiger partial charge is 0.489 e. The minimum Gasteiger partial charge on any atom is -0.489 e. The molecule has 0 amide bonds. The normalized spacial score (nSPS) is 11.2. The Morgan fingerprint density at radius 3 is 2.33 bits per heavy atom. The Morgan fingerprint density at radius 1 is 1.10 bits per heavy atom. The van der Waals surface area contributed by atoms with Gasteiger partial charge < -0.3 is 10.5 Å². The summed E-state index contributed by atoms with van der Waals surface area (Å²) in [4.78, 5) is 0. The molecule has 3 N–H and O–H groups in total. The fourth-order valence-corrected chi connectivity index (χ4v) is 1.82. The van der Waals surface area contributed by atoms with E-state index >= 15 is 0 Å². The number of nitrogen functional groups attached to an aromatic ring is 1. The number of nitrogens with one attached hydrogen (secondary N) is 1. The predicted molar refractivity (Wildman–Crippen MR) is 73.2 cm³/mol. The summed E-state index contributed by atoms with van der Waals surface area (Å²) >= 11 is 0. The number of hydrogen-bond donors (Lipinski definition) is 2. The van der Waals surface area contributed by atoms with Crippen LogP contribution < -0.4 is 10.5 Å². The van der Waals surface area contributed by atoms with E-state index < -0.39 is 17.6 Å². The highest BCUT2D eigenvalue weighted by atomic mass is 19.4. The van der Waals surface area contributed by atoms with Gasteiger partial charge in [0.15, 0.2) is 0 Å². The predicted octanol–water partition coefficient (Wildman–Crippen LogP) is 3.57. The van der Waals surface area contributed by atoms with Gasteiger partial charge in [0, 0.05) is 5.56 Å². The summed E-state index contributed by atoms with van der Waals surface area (Å²) in [6.45, 7) is 0.164. The summed E-state index contributed by atoms with van der Waals surface area (Å²) in [6.07, 6.45) is -4.59. The van der Waals surface area contributed by atoms with Crippen LogP contribution >= 0.6 is 0 Å². The van der Waals surface area contributed by atoms with Gasteiger partial charge in [0.05, 0.1) is 5.56 Å². The molecule has 0 aliphatic heterocycles. The van der Waals surface area contributed by atoms with E-state index in [4.69, 9.17) is 15.9 Å². The molecule has 0 saturated carbocycles. The average molecular weight is 294 g/mol. The maximum absolute atomic E-state index is 12.9. The van der Waals surface area contributed by atoms with Gasteiger partial charge in [0.25, 0.3) is 0 Å². The number of hydrogen-bond acceptors (Lipinski definition) is 2. The topological polar surface area (TPSA) is 59.1 Å². The smallest absolute Gasteiger partial charge is 0.417 e. The van der Waals surface area contributed by atoms with Crippen molar-refractivity contribution in [3.05, 3.63) is 65.2 Å². The second-order valence-corrected chi connectivity index (χ2v) is 4.39. The third-order valence-electron chi connectivity index (χ3n) is 2.83. The minimum absolute atomic E-state index is 0.0798. The Hall–Kier alpha value is -2.50. The van der Waals surface area contributed by atoms with Crippen LogP contribution in [0.1, 0.15) is 16.7 Å². The molecule has 0 radical (unpaired) electrons. The zero-order valence-electron chi connectivity index (χ0n) is 10.9. The number of alkyl halides is 3. The van der Waals surface area contributed by atoms with Crippen molar-refractivity contribution in [1.29, 1.82) is 5.41 Å². The van der Waals surface area contributed by atoms with E-state index in [-0.39, 0.29) is 17.9 Å². The molecule has 0 atom stereocenters. The lowest BCUT2D eigenvalue weighted by Crippen LogP contribution is -2.18. The van der Waals surface area contributed by atoms with Gasteiger partial charge in [-0.1, -0.05) is 30.3 Å². The molecule has 0 spiro atoms. The van der Waals surface area contributed by atoms with E-state index in [0.717, 1.165) is 17.7 Å². The van der Waals surface area contributed by atoms with Crippen LogP contribution in [0.5, 0.6) is 5.75 Å². The number of amidine groups is 1. The molecule has 6 heteroatoms. The lowest BCUT2D eigenvalue weighted by Gasteiger charge is -2.14. The second kappa shape index (κ2) is 5.87. The van der Waals surface area contributed by atoms with Gasteiger partial charge in [0.2, 0.25) is 0 Å². The molecule has 0 saturated heterocycles. The Labute approximate surface area is 119 Å². The maximum atomic E-state index is 12.9. The van der Waals surface area contributed by atoms with E-state index in [1.54, 1.807) is 0 Å². The first-order valence-electron chi connectivity index (χ1n) is 6.10. The van der Waals surface area contributed by atoms with Crippen LogP contribution in [0.15, 0.2) is 48.5 Å². The second-order valence-electron chi connectivity index (χ2n) is 4.39. The van der Waals surface area contributed by atoms with Gasteiger partial charge in [-0.3, -0.25) is 5.41 Å². The summed E-state index contributed by atoms with van der Waals surface area (Å²) < 4.78 is 44.2. The number of ether oxygens (including phenoxy) is 1. The molecule has 0 aromatic heterocycles. The minimum atomic E-state index is -4.59. The molecule has 0 bridgehead atoms. The lowest BCUT2D eigenvalue weighted by atomic mass is 10.1. The van der Waals surface area contributed by atoms with Gasteiger partial charge in [-0.25, -0.2) is 0 Å². The fourth-order valence-electron chi connectivity index (χ4n) is 1.82. The van der Waals surface area contributed by atoms with Gasteiger partial charge in [0.1, 0.15) is 18.2 Å². The molecule has 3 nitrogen and oxygen atoms in total. The molecule has 2 aromatic carbocycles. The van der Waals surface area contributed by atoms with Crippen LogP contribution in [0.25, 0.3) is 0 Å². The van der Waals surface area contributed by atoms with E-state index in [1.165, 1.54) is 6.07 Å². The molecular formula is C15H13F3N2O. The zero-order valence-corrected chi connectivity index (χ0v) is 10.9. The third-order valence-corrected chi connectivity index (χ3v) is 2.83. The highest BCUT2D eigenvalue weighted by Crippen LogP contribution is 2.34. The van der Waals surface area contributed by atoms with Crippen molar-refractivity contribution < 1.29 is 17.9 Å². The molecule has 2 aromatic rings. The maximum Gasteiger partial charge on any atom is 0.417 e. The summed E-state index contributed by atoms with van der Waals surface area (Å²) in [5, 5.41) is 7.20. The van der Waals surface area contributed by atoms with Crippen molar-refractivity contribution in [3.8, 4) is 5.75 Å². The number of benzene rings is 2. The van der Waals surface area contributed by atoms with Crippen molar-refractivity contribution in [1.82, 2.24) is 0 Å². The fraction of sp³-hybridized carbons (Fsp3) is 0.133. The Morgan fingerprint density at radius 2 is 1.76 bits per heavy atom. The molecular weight excluding hydrogens is 281 g/mol. The molecule has 2 rings (SSSR count). The SMILES string of the molecule is N=C(N)c1ccc(OCc2ccccc2)cc1C(F)(F)F. The van der Waals surface area contributed by atoms with Crippen LogP contribution in [0.2, 0.25) is 0 Å². The first-order chi connectivity index (χ1) is 9.88. The molecule has 0 heterocycles. The van der Waals surface area contributed by atoms with Crippen molar-refractivity contribution >= 4 is 5.84 Å². The molecule has 0 fully saturated rings. The van der Waals surface area contributed by atoms with Crippen LogP contribution in [0, 0.1) is 5.41 Å². The first-order valence-corrected chi connectivity index (χ1v) is 6.10. The van der Waals surface area contributed by atoms with Crippen molar-refractivity contribution in [3.63, 3.8) is 0 Å². The lowest BCUT2D eigenvalue weighted by molar-refractivity contribution is -0.137. The summed E-state index contributed by atoms with van der Waals surface area (Å²) in [6, 6.07) is 12.5. The van der Waals surface area contributed by atoms with Crippen LogP contribution in [-0.4, -0.2) is 5.84 Å². The van der Waals surface area contributed by atoms with E-state index in [0.29, 0.717) is 0 Å². The van der Waals surface area contributed by atoms with Crippen molar-refractivity contribution in [2.75, 3.05) is 0 Å². The van der Waals surface area contributed by atoms with Crippen molar-refractivity contribution in [2.24, 2.45) is 5.73 Å². The quantitative estimate of drug-likeness (QED) is 0.669. The molecule has 110 valence electrons. The number of halogens is 3. The number of nitrogens with two attached hydrogens (primary N) is 1. The van der Waals surface area contributed by atoms with Gasteiger partial charge in [-0.15, -0.1) is 0 Å². The van der Waals surface area contributed by atoms with Crippen LogP contribution in [0.4, 0.5) is 13.2 Å². The molecule has 21 heavy (non-hydrogen) atoms.